The molecule has 2 rings (SSSR count). The Hall–Kier alpha value is -1.93. The van der Waals surface area contributed by atoms with Crippen molar-refractivity contribution in [3.63, 3.8) is 0 Å². The van der Waals surface area contributed by atoms with Gasteiger partial charge in [0.15, 0.2) is 5.78 Å². The van der Waals surface area contributed by atoms with E-state index < -0.39 is 5.60 Å². The van der Waals surface area contributed by atoms with E-state index in [1.807, 2.05) is 69.4 Å². The van der Waals surface area contributed by atoms with Crippen LogP contribution < -0.4 is 0 Å². The van der Waals surface area contributed by atoms with Crippen molar-refractivity contribution in [2.75, 3.05) is 7.11 Å². The Balaban J connectivity index is 0.00000151. The summed E-state index contributed by atoms with van der Waals surface area (Å²) in [5.41, 5.74) is 2.18. The van der Waals surface area contributed by atoms with E-state index >= 15 is 0 Å². The van der Waals surface area contributed by atoms with Gasteiger partial charge in [0.05, 0.1) is 0 Å². The minimum absolute atomic E-state index is 0.0267. The summed E-state index contributed by atoms with van der Waals surface area (Å²) in [6.45, 7) is 12.4. The van der Waals surface area contributed by atoms with Crippen molar-refractivity contribution in [1.82, 2.24) is 0 Å². The fraction of sp³-hybridized carbons (Fsp3) is 0.435. The average Bonchev–Trinajstić information content (AvgIpc) is 2.72. The van der Waals surface area contributed by atoms with E-state index in [-0.39, 0.29) is 11.2 Å². The number of rotatable bonds is 3. The first-order chi connectivity index (χ1) is 11.8. The number of hydrogen-bond acceptors (Lipinski definition) is 2. The van der Waals surface area contributed by atoms with Crippen molar-refractivity contribution in [2.45, 2.75) is 53.6 Å². The molecule has 2 aliphatic carbocycles. The molecule has 2 nitrogen and oxygen atoms in total. The molecule has 0 saturated heterocycles. The van der Waals surface area contributed by atoms with Crippen molar-refractivity contribution >= 4 is 5.78 Å². The smallest absolute Gasteiger partial charge is 0.192 e. The van der Waals surface area contributed by atoms with Gasteiger partial charge in [0.25, 0.3) is 0 Å². The number of carbonyl (C=O) groups is 1. The first kappa shape index (κ1) is 21.1. The molecule has 0 heterocycles. The maximum Gasteiger partial charge on any atom is 0.192 e. The van der Waals surface area contributed by atoms with Gasteiger partial charge < -0.3 is 4.74 Å². The van der Waals surface area contributed by atoms with Crippen LogP contribution in [0, 0.1) is 5.41 Å². The number of Topliss-reactive ketones (excluding diaryl/α,β-unsaturated/α-hetero) is 1. The highest BCUT2D eigenvalue weighted by molar-refractivity contribution is 6.12. The molecule has 25 heavy (non-hydrogen) atoms. The van der Waals surface area contributed by atoms with Crippen molar-refractivity contribution in [1.29, 1.82) is 0 Å². The molecule has 0 N–H and O–H groups in total. The van der Waals surface area contributed by atoms with E-state index in [2.05, 4.69) is 26.8 Å². The summed E-state index contributed by atoms with van der Waals surface area (Å²) in [4.78, 5) is 12.9. The number of carbonyl (C=O) groups excluding carboxylic acids is 1. The van der Waals surface area contributed by atoms with Crippen LogP contribution in [0.25, 0.3) is 0 Å². The third-order valence-electron chi connectivity index (χ3n) is 4.69. The third kappa shape index (κ3) is 5.54. The molecule has 2 heteroatoms. The Bertz CT molecular complexity index is 666. The molecule has 2 aliphatic rings. The predicted molar refractivity (Wildman–Crippen MR) is 108 cm³/mol. The molecule has 0 aromatic rings. The SMILES string of the molecule is CC.COC1(C)/C=C\C(C(=O)C2=CC=C(C)C(C)(C)C=C2)=C/C/C=C/1. The van der Waals surface area contributed by atoms with Crippen LogP contribution in [0.4, 0.5) is 0 Å². The Morgan fingerprint density at radius 1 is 1.00 bits per heavy atom. The van der Waals surface area contributed by atoms with Crippen LogP contribution in [0.5, 0.6) is 0 Å². The highest BCUT2D eigenvalue weighted by Gasteiger charge is 2.21. The molecule has 1 atom stereocenters. The first-order valence-electron chi connectivity index (χ1n) is 9.03. The fourth-order valence-corrected chi connectivity index (χ4v) is 2.41. The molecule has 0 fully saturated rings. The summed E-state index contributed by atoms with van der Waals surface area (Å²) >= 11 is 0. The molecule has 0 aromatic heterocycles. The van der Waals surface area contributed by atoms with Crippen LogP contribution in [-0.4, -0.2) is 18.5 Å². The van der Waals surface area contributed by atoms with E-state index in [1.54, 1.807) is 7.11 Å². The highest BCUT2D eigenvalue weighted by Crippen LogP contribution is 2.31. The second-order valence-electron chi connectivity index (χ2n) is 6.87. The third-order valence-corrected chi connectivity index (χ3v) is 4.69. The van der Waals surface area contributed by atoms with E-state index in [0.29, 0.717) is 5.57 Å². The lowest BCUT2D eigenvalue weighted by Crippen LogP contribution is -2.21. The molecule has 0 saturated carbocycles. The van der Waals surface area contributed by atoms with Gasteiger partial charge >= 0.3 is 0 Å². The zero-order chi connectivity index (χ0) is 19.1. The number of ether oxygens (including phenoxy) is 1. The molecular weight excluding hydrogens is 308 g/mol. The highest BCUT2D eigenvalue weighted by atomic mass is 16.5. The lowest BCUT2D eigenvalue weighted by atomic mass is 9.85. The molecule has 0 radical (unpaired) electrons. The van der Waals surface area contributed by atoms with Gasteiger partial charge in [-0.3, -0.25) is 4.79 Å². The molecule has 0 amide bonds. The van der Waals surface area contributed by atoms with Crippen molar-refractivity contribution in [3.8, 4) is 0 Å². The summed E-state index contributed by atoms with van der Waals surface area (Å²) in [6.07, 6.45) is 18.5. The minimum Gasteiger partial charge on any atom is -0.370 e. The normalized spacial score (nSPS) is 29.3. The molecule has 0 aromatic carbocycles. The summed E-state index contributed by atoms with van der Waals surface area (Å²) in [5.74, 6) is 0.0491. The zero-order valence-electron chi connectivity index (χ0n) is 16.7. The van der Waals surface area contributed by atoms with Gasteiger partial charge in [-0.05, 0) is 26.3 Å². The van der Waals surface area contributed by atoms with Crippen LogP contribution in [0.2, 0.25) is 0 Å². The summed E-state index contributed by atoms with van der Waals surface area (Å²) in [7, 11) is 1.67. The van der Waals surface area contributed by atoms with Gasteiger partial charge in [-0.25, -0.2) is 0 Å². The topological polar surface area (TPSA) is 26.3 Å². The Labute approximate surface area is 153 Å². The van der Waals surface area contributed by atoms with Crippen LogP contribution in [0.3, 0.4) is 0 Å². The van der Waals surface area contributed by atoms with Crippen LogP contribution >= 0.6 is 0 Å². The molecule has 0 aliphatic heterocycles. The quantitative estimate of drug-likeness (QED) is 0.598. The van der Waals surface area contributed by atoms with Gasteiger partial charge in [0, 0.05) is 23.7 Å². The second-order valence-corrected chi connectivity index (χ2v) is 6.87. The van der Waals surface area contributed by atoms with Crippen LogP contribution in [0.15, 0.2) is 71.4 Å². The Morgan fingerprint density at radius 2 is 1.64 bits per heavy atom. The van der Waals surface area contributed by atoms with Crippen molar-refractivity contribution in [2.24, 2.45) is 5.41 Å². The fourth-order valence-electron chi connectivity index (χ4n) is 2.41. The maximum atomic E-state index is 12.9. The Kier molecular flexibility index (Phi) is 7.57. The van der Waals surface area contributed by atoms with Crippen molar-refractivity contribution in [3.05, 3.63) is 71.4 Å². The molecule has 0 bridgehead atoms. The van der Waals surface area contributed by atoms with E-state index in [4.69, 9.17) is 4.74 Å². The van der Waals surface area contributed by atoms with Gasteiger partial charge in [-0.1, -0.05) is 81.9 Å². The van der Waals surface area contributed by atoms with Gasteiger partial charge in [-0.2, -0.15) is 0 Å². The average molecular weight is 341 g/mol. The van der Waals surface area contributed by atoms with Gasteiger partial charge in [-0.15, -0.1) is 0 Å². The summed E-state index contributed by atoms with van der Waals surface area (Å²) in [6, 6.07) is 0. The van der Waals surface area contributed by atoms with Gasteiger partial charge in [0.2, 0.25) is 0 Å². The van der Waals surface area contributed by atoms with Crippen molar-refractivity contribution < 1.29 is 9.53 Å². The van der Waals surface area contributed by atoms with Crippen LogP contribution in [-0.2, 0) is 9.53 Å². The predicted octanol–water partition coefficient (Wildman–Crippen LogP) is 5.90. The summed E-state index contributed by atoms with van der Waals surface area (Å²) < 4.78 is 5.50. The molecule has 1 unspecified atom stereocenters. The van der Waals surface area contributed by atoms with E-state index in [1.165, 1.54) is 5.57 Å². The number of ketones is 1. The second kappa shape index (κ2) is 8.96. The van der Waals surface area contributed by atoms with Gasteiger partial charge in [0.1, 0.15) is 5.60 Å². The first-order valence-corrected chi connectivity index (χ1v) is 9.03. The zero-order valence-corrected chi connectivity index (χ0v) is 16.7. The minimum atomic E-state index is -0.466. The standard InChI is InChI=1S/C21H26O2.C2H6/c1-16-9-10-18(11-14-20(16,2)3)19(22)17-8-6-7-13-21(4,23-5)15-12-17;1-2/h7-15H,6H2,1-5H3;1-2H3/b13-7+,15-12-,17-8+;. The largest absolute Gasteiger partial charge is 0.370 e. The number of hydrogen-bond donors (Lipinski definition) is 0. The monoisotopic (exact) mass is 340 g/mol. The lowest BCUT2D eigenvalue weighted by molar-refractivity contribution is -0.111. The Morgan fingerprint density at radius 3 is 2.28 bits per heavy atom. The lowest BCUT2D eigenvalue weighted by Gasteiger charge is -2.21. The molecule has 0 spiro atoms. The maximum absolute atomic E-state index is 12.9. The molecular formula is C23H32O2. The van der Waals surface area contributed by atoms with Crippen LogP contribution in [0.1, 0.15) is 48.0 Å². The summed E-state index contributed by atoms with van der Waals surface area (Å²) in [5, 5.41) is 0. The van der Waals surface area contributed by atoms with E-state index in [0.717, 1.165) is 12.0 Å². The molecule has 136 valence electrons. The number of allylic oxidation sites excluding steroid dienone is 10. The van der Waals surface area contributed by atoms with E-state index in [9.17, 15) is 4.79 Å². The number of methoxy groups -OCH3 is 1.